The van der Waals surface area contributed by atoms with Gasteiger partial charge >= 0.3 is 0 Å². The maximum absolute atomic E-state index is 13.8. The summed E-state index contributed by atoms with van der Waals surface area (Å²) >= 11 is 0. The van der Waals surface area contributed by atoms with Crippen molar-refractivity contribution in [3.63, 3.8) is 0 Å². The maximum atomic E-state index is 13.8. The number of para-hydroxylation sites is 1. The van der Waals surface area contributed by atoms with Crippen LogP contribution in [0.4, 0.5) is 5.69 Å². The molecule has 0 fully saturated rings. The van der Waals surface area contributed by atoms with Crippen LogP contribution >= 0.6 is 0 Å². The number of carbonyl (C=O) groups is 2. The van der Waals surface area contributed by atoms with Gasteiger partial charge in [0.15, 0.2) is 22.7 Å². The number of hydrogen-bond acceptors (Lipinski definition) is 6. The lowest BCUT2D eigenvalue weighted by Gasteiger charge is -2.26. The summed E-state index contributed by atoms with van der Waals surface area (Å²) in [5.74, 6) is 0.656. The summed E-state index contributed by atoms with van der Waals surface area (Å²) in [5, 5.41) is 0.405. The van der Waals surface area contributed by atoms with Gasteiger partial charge in [-0.05, 0) is 74.4 Å². The lowest BCUT2D eigenvalue weighted by atomic mass is 9.97. The monoisotopic (exact) mass is 511 g/mol. The standard InChI is InChI=1S/C31H29NO6/c1-4-6-17-37-25-16-13-21(18-26(25)36-5-2)28-27-29(34)23-9-7-8-10-24(23)38-30(27)31(35)32(28)22-14-11-20(12-15-22)19(3)33/h7-16,18,28H,4-6,17H2,1-3H3. The second-order valence-corrected chi connectivity index (χ2v) is 9.19. The molecule has 5 rings (SSSR count). The maximum Gasteiger partial charge on any atom is 0.295 e. The van der Waals surface area contributed by atoms with Crippen LogP contribution in [-0.2, 0) is 0 Å². The van der Waals surface area contributed by atoms with E-state index in [0.717, 1.165) is 12.8 Å². The average molecular weight is 512 g/mol. The fraction of sp³-hybridized carbons (Fsp3) is 0.258. The Morgan fingerprint density at radius 3 is 2.42 bits per heavy atom. The molecule has 194 valence electrons. The van der Waals surface area contributed by atoms with E-state index < -0.39 is 11.9 Å². The second kappa shape index (κ2) is 10.5. The van der Waals surface area contributed by atoms with E-state index in [-0.39, 0.29) is 22.5 Å². The number of carbonyl (C=O) groups excluding carboxylic acids is 2. The lowest BCUT2D eigenvalue weighted by Crippen LogP contribution is -2.29. The van der Waals surface area contributed by atoms with Gasteiger partial charge in [-0.2, -0.15) is 0 Å². The van der Waals surface area contributed by atoms with Crippen LogP contribution in [0.1, 0.15) is 71.7 Å². The summed E-state index contributed by atoms with van der Waals surface area (Å²) < 4.78 is 17.9. The van der Waals surface area contributed by atoms with Crippen molar-refractivity contribution in [2.24, 2.45) is 0 Å². The number of unbranched alkanes of at least 4 members (excludes halogenated alkanes) is 1. The summed E-state index contributed by atoms with van der Waals surface area (Å²) in [7, 11) is 0. The van der Waals surface area contributed by atoms with Gasteiger partial charge in [0, 0.05) is 11.3 Å². The van der Waals surface area contributed by atoms with Crippen LogP contribution in [0.3, 0.4) is 0 Å². The van der Waals surface area contributed by atoms with Crippen LogP contribution in [-0.4, -0.2) is 24.9 Å². The predicted octanol–water partition coefficient (Wildman–Crippen LogP) is 6.32. The molecule has 0 bridgehead atoms. The largest absolute Gasteiger partial charge is 0.490 e. The van der Waals surface area contributed by atoms with Crippen LogP contribution in [0.15, 0.2) is 75.9 Å². The molecule has 1 aliphatic rings. The number of Topliss-reactive ketones (excluding diaryl/α,β-unsaturated/α-hetero) is 1. The van der Waals surface area contributed by atoms with Crippen molar-refractivity contribution < 1.29 is 23.5 Å². The molecule has 1 atom stereocenters. The Balaban J connectivity index is 1.69. The van der Waals surface area contributed by atoms with Crippen LogP contribution < -0.4 is 19.8 Å². The number of anilines is 1. The van der Waals surface area contributed by atoms with E-state index in [1.807, 2.05) is 25.1 Å². The van der Waals surface area contributed by atoms with Crippen molar-refractivity contribution >= 4 is 28.3 Å². The first kappa shape index (κ1) is 25.3. The first-order chi connectivity index (χ1) is 18.4. The van der Waals surface area contributed by atoms with Gasteiger partial charge in [0.2, 0.25) is 5.76 Å². The van der Waals surface area contributed by atoms with Gasteiger partial charge in [0.25, 0.3) is 5.91 Å². The number of benzene rings is 3. The minimum atomic E-state index is -0.759. The quantitative estimate of drug-likeness (QED) is 0.193. The van der Waals surface area contributed by atoms with E-state index in [1.165, 1.54) is 6.92 Å². The molecule has 0 radical (unpaired) electrons. The van der Waals surface area contributed by atoms with Gasteiger partial charge < -0.3 is 13.9 Å². The zero-order valence-electron chi connectivity index (χ0n) is 21.7. The highest BCUT2D eigenvalue weighted by molar-refractivity contribution is 6.11. The van der Waals surface area contributed by atoms with Crippen molar-refractivity contribution in [2.75, 3.05) is 18.1 Å². The molecule has 0 saturated heterocycles. The molecule has 7 nitrogen and oxygen atoms in total. The molecule has 4 aromatic rings. The van der Waals surface area contributed by atoms with E-state index in [9.17, 15) is 14.4 Å². The average Bonchev–Trinajstić information content (AvgIpc) is 3.22. The van der Waals surface area contributed by atoms with Crippen molar-refractivity contribution in [2.45, 2.75) is 39.7 Å². The molecule has 1 aliphatic heterocycles. The van der Waals surface area contributed by atoms with Crippen molar-refractivity contribution in [3.8, 4) is 11.5 Å². The van der Waals surface area contributed by atoms with Crippen molar-refractivity contribution in [1.82, 2.24) is 0 Å². The topological polar surface area (TPSA) is 86.0 Å². The molecule has 1 unspecified atom stereocenters. The number of nitrogens with zero attached hydrogens (tertiary/aromatic N) is 1. The molecule has 2 heterocycles. The van der Waals surface area contributed by atoms with Gasteiger partial charge in [-0.15, -0.1) is 0 Å². The third-order valence-electron chi connectivity index (χ3n) is 6.67. The normalized spacial score (nSPS) is 14.6. The second-order valence-electron chi connectivity index (χ2n) is 9.19. The Labute approximate surface area is 220 Å². The molecule has 0 aliphatic carbocycles. The number of ether oxygens (including phenoxy) is 2. The fourth-order valence-electron chi connectivity index (χ4n) is 4.77. The van der Waals surface area contributed by atoms with Crippen molar-refractivity contribution in [1.29, 1.82) is 0 Å². The number of rotatable bonds is 9. The van der Waals surface area contributed by atoms with Gasteiger partial charge in [0.1, 0.15) is 5.58 Å². The predicted molar refractivity (Wildman–Crippen MR) is 146 cm³/mol. The molecular weight excluding hydrogens is 482 g/mol. The van der Waals surface area contributed by atoms with Crippen LogP contribution in [0.5, 0.6) is 11.5 Å². The SMILES string of the molecule is CCCCOc1ccc(C2c3c(oc4ccccc4c3=O)C(=O)N2c2ccc(C(C)=O)cc2)cc1OCC. The highest BCUT2D eigenvalue weighted by atomic mass is 16.5. The zero-order chi connectivity index (χ0) is 26.8. The first-order valence-electron chi connectivity index (χ1n) is 12.8. The van der Waals surface area contributed by atoms with Crippen LogP contribution in [0, 0.1) is 0 Å². The summed E-state index contributed by atoms with van der Waals surface area (Å²) in [4.78, 5) is 41.0. The molecule has 1 amide bonds. The number of hydrogen-bond donors (Lipinski definition) is 0. The number of fused-ring (bicyclic) bond motifs is 2. The molecule has 0 spiro atoms. The van der Waals surface area contributed by atoms with Gasteiger partial charge in [-0.3, -0.25) is 19.3 Å². The molecule has 0 N–H and O–H groups in total. The first-order valence-corrected chi connectivity index (χ1v) is 12.8. The van der Waals surface area contributed by atoms with Gasteiger partial charge in [-0.1, -0.05) is 31.5 Å². The van der Waals surface area contributed by atoms with Crippen LogP contribution in [0.2, 0.25) is 0 Å². The Morgan fingerprint density at radius 2 is 1.71 bits per heavy atom. The Kier molecular flexibility index (Phi) is 7.01. The molecule has 1 aromatic heterocycles. The highest BCUT2D eigenvalue weighted by Crippen LogP contribution is 2.43. The number of ketones is 1. The Morgan fingerprint density at radius 1 is 0.947 bits per heavy atom. The van der Waals surface area contributed by atoms with E-state index in [0.29, 0.717) is 52.5 Å². The van der Waals surface area contributed by atoms with E-state index >= 15 is 0 Å². The van der Waals surface area contributed by atoms with E-state index in [1.54, 1.807) is 53.4 Å². The highest BCUT2D eigenvalue weighted by Gasteiger charge is 2.44. The fourth-order valence-corrected chi connectivity index (χ4v) is 4.77. The van der Waals surface area contributed by atoms with Gasteiger partial charge in [0.05, 0.1) is 30.2 Å². The van der Waals surface area contributed by atoms with Gasteiger partial charge in [-0.25, -0.2) is 0 Å². The third-order valence-corrected chi connectivity index (χ3v) is 6.67. The third kappa shape index (κ3) is 4.45. The zero-order valence-corrected chi connectivity index (χ0v) is 21.7. The smallest absolute Gasteiger partial charge is 0.295 e. The molecule has 0 saturated carbocycles. The van der Waals surface area contributed by atoms with Crippen LogP contribution in [0.25, 0.3) is 11.0 Å². The van der Waals surface area contributed by atoms with E-state index in [2.05, 4.69) is 6.92 Å². The summed E-state index contributed by atoms with van der Waals surface area (Å²) in [6.07, 6.45) is 1.92. The molecule has 7 heteroatoms. The molecule has 3 aromatic carbocycles. The Bertz CT molecular complexity index is 1570. The minimum Gasteiger partial charge on any atom is -0.490 e. The number of amides is 1. The summed E-state index contributed by atoms with van der Waals surface area (Å²) in [6.45, 7) is 6.46. The van der Waals surface area contributed by atoms with E-state index in [4.69, 9.17) is 13.9 Å². The Hall–Kier alpha value is -4.39. The summed E-state index contributed by atoms with van der Waals surface area (Å²) in [5.41, 5.74) is 2.12. The molecule has 38 heavy (non-hydrogen) atoms. The molecular formula is C31H29NO6. The minimum absolute atomic E-state index is 0.00979. The van der Waals surface area contributed by atoms with Crippen molar-refractivity contribution in [3.05, 3.63) is 99.4 Å². The lowest BCUT2D eigenvalue weighted by molar-refractivity contribution is 0.0970. The summed E-state index contributed by atoms with van der Waals surface area (Å²) in [6, 6.07) is 18.4.